The van der Waals surface area contributed by atoms with Gasteiger partial charge in [-0.2, -0.15) is 0 Å². The van der Waals surface area contributed by atoms with Crippen LogP contribution in [0.3, 0.4) is 0 Å². The van der Waals surface area contributed by atoms with Gasteiger partial charge in [0.15, 0.2) is 5.69 Å². The van der Waals surface area contributed by atoms with Crippen LogP contribution in [0.2, 0.25) is 5.02 Å². The topological polar surface area (TPSA) is 141 Å². The van der Waals surface area contributed by atoms with Gasteiger partial charge in [-0.25, -0.2) is 9.67 Å². The first kappa shape index (κ1) is 25.3. The smallest absolute Gasteiger partial charge is 0.278 e. The predicted molar refractivity (Wildman–Crippen MR) is 140 cm³/mol. The average Bonchev–Trinajstić information content (AvgIpc) is 3.30. The Balaban J connectivity index is 1.52. The summed E-state index contributed by atoms with van der Waals surface area (Å²) in [6.07, 6.45) is 1.64. The van der Waals surface area contributed by atoms with Crippen molar-refractivity contribution in [1.29, 1.82) is 0 Å². The average molecular weight is 534 g/mol. The van der Waals surface area contributed by atoms with Gasteiger partial charge in [0.05, 0.1) is 22.5 Å². The number of hydrogen-bond acceptors (Lipinski definition) is 7. The molecule has 2 aromatic carbocycles. The number of imide groups is 1. The molecule has 1 fully saturated rings. The fraction of sp³-hybridized carbons (Fsp3) is 0.269. The molecule has 2 aromatic heterocycles. The Morgan fingerprint density at radius 1 is 1.18 bits per heavy atom. The zero-order chi connectivity index (χ0) is 27.0. The summed E-state index contributed by atoms with van der Waals surface area (Å²) in [5, 5.41) is 14.2. The number of benzene rings is 2. The molecule has 0 saturated carbocycles. The highest BCUT2D eigenvalue weighted by Gasteiger charge is 2.31. The molecule has 1 aliphatic heterocycles. The molecule has 3 amide bonds. The van der Waals surface area contributed by atoms with E-state index in [1.54, 1.807) is 48.0 Å². The van der Waals surface area contributed by atoms with E-state index in [-0.39, 0.29) is 41.2 Å². The summed E-state index contributed by atoms with van der Waals surface area (Å²) >= 11 is 6.14. The number of aromatic nitrogens is 5. The molecule has 0 radical (unpaired) electrons. The molecule has 12 heteroatoms. The van der Waals surface area contributed by atoms with Gasteiger partial charge in [0.2, 0.25) is 11.8 Å². The van der Waals surface area contributed by atoms with Crippen LogP contribution < -0.4 is 16.2 Å². The zero-order valence-electron chi connectivity index (χ0n) is 20.7. The number of carbonyl (C=O) groups excluding carboxylic acids is 3. The number of para-hydroxylation sites is 1. The molecule has 4 aromatic rings. The highest BCUT2D eigenvalue weighted by Crippen LogP contribution is 2.25. The van der Waals surface area contributed by atoms with Crippen LogP contribution in [0.25, 0.3) is 16.6 Å². The molecule has 1 unspecified atom stereocenters. The summed E-state index contributed by atoms with van der Waals surface area (Å²) < 4.78 is 2.89. The van der Waals surface area contributed by atoms with E-state index in [1.807, 2.05) is 13.0 Å². The normalized spacial score (nSPS) is 15.5. The first-order valence-electron chi connectivity index (χ1n) is 12.2. The molecule has 0 bridgehead atoms. The molecule has 2 N–H and O–H groups in total. The van der Waals surface area contributed by atoms with Gasteiger partial charge in [-0.1, -0.05) is 42.3 Å². The Hall–Kier alpha value is -4.38. The van der Waals surface area contributed by atoms with Gasteiger partial charge in [0.25, 0.3) is 11.5 Å². The SMILES string of the molecule is CCCc1c(C(=O)Nc2cccc3c(=O)n(C4CCC(=O)NC4=O)c(C)nc23)nnn1-c1cccc(Cl)c1. The van der Waals surface area contributed by atoms with Crippen LogP contribution in [0.4, 0.5) is 5.69 Å². The van der Waals surface area contributed by atoms with Crippen molar-refractivity contribution in [3.63, 3.8) is 0 Å². The minimum absolute atomic E-state index is 0.131. The van der Waals surface area contributed by atoms with Crippen LogP contribution >= 0.6 is 11.6 Å². The van der Waals surface area contributed by atoms with Gasteiger partial charge < -0.3 is 5.32 Å². The molecular weight excluding hydrogens is 510 g/mol. The Morgan fingerprint density at radius 3 is 2.71 bits per heavy atom. The Kier molecular flexibility index (Phi) is 6.77. The summed E-state index contributed by atoms with van der Waals surface area (Å²) in [5.41, 5.74) is 1.63. The van der Waals surface area contributed by atoms with E-state index < -0.39 is 23.4 Å². The van der Waals surface area contributed by atoms with Gasteiger partial charge in [-0.05, 0) is 50.1 Å². The molecule has 0 aliphatic carbocycles. The lowest BCUT2D eigenvalue weighted by atomic mass is 10.1. The second-order valence-corrected chi connectivity index (χ2v) is 9.42. The van der Waals surface area contributed by atoms with Crippen LogP contribution in [0.5, 0.6) is 0 Å². The number of amides is 3. The lowest BCUT2D eigenvalue weighted by Crippen LogP contribution is -2.45. The number of nitrogens with zero attached hydrogens (tertiary/aromatic N) is 5. The number of nitrogens with one attached hydrogen (secondary N) is 2. The number of carbonyl (C=O) groups is 3. The second-order valence-electron chi connectivity index (χ2n) is 8.98. The van der Waals surface area contributed by atoms with Crippen molar-refractivity contribution in [2.45, 2.75) is 45.6 Å². The summed E-state index contributed by atoms with van der Waals surface area (Å²) in [4.78, 5) is 55.3. The molecule has 194 valence electrons. The molecule has 0 spiro atoms. The number of anilines is 1. The maximum Gasteiger partial charge on any atom is 0.278 e. The fourth-order valence-electron chi connectivity index (χ4n) is 4.66. The molecule has 1 aliphatic rings. The van der Waals surface area contributed by atoms with Crippen LogP contribution in [-0.2, 0) is 16.0 Å². The standard InChI is InChI=1S/C26H24ClN7O4/c1-3-6-19-23(31-32-34(19)16-8-4-7-15(27)13-16)25(37)29-18-10-5-9-17-22(18)28-14(2)33(26(17)38)20-11-12-21(35)30-24(20)36/h4-5,7-10,13,20H,3,6,11-12H2,1-2H3,(H,29,37)(H,30,35,36). The van der Waals surface area contributed by atoms with E-state index in [0.29, 0.717) is 28.5 Å². The van der Waals surface area contributed by atoms with Gasteiger partial charge in [0, 0.05) is 11.4 Å². The van der Waals surface area contributed by atoms with E-state index in [1.165, 1.54) is 4.57 Å². The lowest BCUT2D eigenvalue weighted by Gasteiger charge is -2.24. The Morgan fingerprint density at radius 2 is 1.97 bits per heavy atom. The Bertz CT molecular complexity index is 1660. The van der Waals surface area contributed by atoms with E-state index in [4.69, 9.17) is 11.6 Å². The van der Waals surface area contributed by atoms with Crippen LogP contribution in [0, 0.1) is 6.92 Å². The quantitative estimate of drug-likeness (QED) is 0.363. The van der Waals surface area contributed by atoms with E-state index in [2.05, 4.69) is 25.9 Å². The van der Waals surface area contributed by atoms with Crippen molar-refractivity contribution in [2.24, 2.45) is 0 Å². The van der Waals surface area contributed by atoms with Crippen molar-refractivity contribution in [3.8, 4) is 5.69 Å². The molecule has 1 saturated heterocycles. The fourth-order valence-corrected chi connectivity index (χ4v) is 4.85. The van der Waals surface area contributed by atoms with Gasteiger partial charge in [-0.3, -0.25) is 29.1 Å². The van der Waals surface area contributed by atoms with Crippen molar-refractivity contribution in [1.82, 2.24) is 29.9 Å². The van der Waals surface area contributed by atoms with Gasteiger partial charge >= 0.3 is 0 Å². The first-order chi connectivity index (χ1) is 18.3. The van der Waals surface area contributed by atoms with Crippen LogP contribution in [0.1, 0.15) is 54.2 Å². The van der Waals surface area contributed by atoms with E-state index in [0.717, 1.165) is 6.42 Å². The van der Waals surface area contributed by atoms with Crippen molar-refractivity contribution in [2.75, 3.05) is 5.32 Å². The highest BCUT2D eigenvalue weighted by atomic mass is 35.5. The summed E-state index contributed by atoms with van der Waals surface area (Å²) in [6, 6.07) is 11.1. The van der Waals surface area contributed by atoms with Crippen molar-refractivity contribution in [3.05, 3.63) is 75.1 Å². The number of halogens is 1. The monoisotopic (exact) mass is 533 g/mol. The van der Waals surface area contributed by atoms with Crippen LogP contribution in [0.15, 0.2) is 47.3 Å². The maximum atomic E-state index is 13.4. The molecule has 5 rings (SSSR count). The third-order valence-electron chi connectivity index (χ3n) is 6.40. The van der Waals surface area contributed by atoms with Crippen molar-refractivity contribution >= 4 is 45.9 Å². The third kappa shape index (κ3) is 4.56. The minimum atomic E-state index is -0.839. The largest absolute Gasteiger partial charge is 0.319 e. The summed E-state index contributed by atoms with van der Waals surface area (Å²) in [7, 11) is 0. The number of hydrogen-bond donors (Lipinski definition) is 2. The predicted octanol–water partition coefficient (Wildman–Crippen LogP) is 3.12. The summed E-state index contributed by atoms with van der Waals surface area (Å²) in [6.45, 7) is 3.60. The third-order valence-corrected chi connectivity index (χ3v) is 6.63. The van der Waals surface area contributed by atoms with E-state index in [9.17, 15) is 19.2 Å². The molecule has 11 nitrogen and oxygen atoms in total. The molecule has 1 atom stereocenters. The number of piperidine rings is 1. The minimum Gasteiger partial charge on any atom is -0.319 e. The maximum absolute atomic E-state index is 13.4. The number of rotatable bonds is 6. The van der Waals surface area contributed by atoms with Gasteiger partial charge in [0.1, 0.15) is 17.4 Å². The summed E-state index contributed by atoms with van der Waals surface area (Å²) in [5.74, 6) is -1.12. The Labute approximate surface area is 221 Å². The number of fused-ring (bicyclic) bond motifs is 1. The highest BCUT2D eigenvalue weighted by molar-refractivity contribution is 6.30. The first-order valence-corrected chi connectivity index (χ1v) is 12.5. The van der Waals surface area contributed by atoms with E-state index >= 15 is 0 Å². The molecule has 3 heterocycles. The molecule has 38 heavy (non-hydrogen) atoms. The van der Waals surface area contributed by atoms with Crippen LogP contribution in [-0.4, -0.2) is 42.3 Å². The zero-order valence-corrected chi connectivity index (χ0v) is 21.5. The number of aryl methyl sites for hydroxylation is 1. The van der Waals surface area contributed by atoms with Gasteiger partial charge in [-0.15, -0.1) is 5.10 Å². The lowest BCUT2D eigenvalue weighted by molar-refractivity contribution is -0.135. The van der Waals surface area contributed by atoms with Crippen molar-refractivity contribution < 1.29 is 14.4 Å². The second kappa shape index (κ2) is 10.2. The molecular formula is C26H24ClN7O4.